The van der Waals surface area contributed by atoms with Gasteiger partial charge in [-0.15, -0.1) is 24.0 Å². The standard InChI is InChI=1S/C21H26ClFN4O.HI/c1-14(28)27-17-7-5-6-15(10-17)12-25-20(24-4)26-13-21(2,3)18-9-8-16(23)11-19(18)22;/h5-11H,12-13H2,1-4H3,(H,27,28)(H2,24,25,26);1H. The fourth-order valence-corrected chi connectivity index (χ4v) is 3.23. The van der Waals surface area contributed by atoms with E-state index >= 15 is 0 Å². The Kier molecular flexibility index (Phi) is 9.85. The van der Waals surface area contributed by atoms with Crippen LogP contribution in [0.25, 0.3) is 0 Å². The number of nitrogens with zero attached hydrogens (tertiary/aromatic N) is 1. The van der Waals surface area contributed by atoms with Crippen LogP contribution in [-0.2, 0) is 16.8 Å². The number of carbonyl (C=O) groups is 1. The van der Waals surface area contributed by atoms with Gasteiger partial charge in [-0.3, -0.25) is 9.79 Å². The quantitative estimate of drug-likeness (QED) is 0.287. The molecular weight excluding hydrogens is 506 g/mol. The van der Waals surface area contributed by atoms with E-state index in [-0.39, 0.29) is 41.1 Å². The van der Waals surface area contributed by atoms with Gasteiger partial charge >= 0.3 is 0 Å². The lowest BCUT2D eigenvalue weighted by molar-refractivity contribution is -0.114. The Morgan fingerprint density at radius 3 is 2.52 bits per heavy atom. The first-order valence-electron chi connectivity index (χ1n) is 8.98. The second kappa shape index (κ2) is 11.3. The molecule has 0 saturated carbocycles. The Balaban J connectivity index is 0.00000420. The van der Waals surface area contributed by atoms with E-state index in [1.807, 2.05) is 38.1 Å². The van der Waals surface area contributed by atoms with Gasteiger partial charge in [-0.2, -0.15) is 0 Å². The van der Waals surface area contributed by atoms with Crippen LogP contribution in [0.15, 0.2) is 47.5 Å². The highest BCUT2D eigenvalue weighted by Gasteiger charge is 2.24. The predicted molar refractivity (Wildman–Crippen MR) is 129 cm³/mol. The molecule has 0 aliphatic carbocycles. The molecule has 0 atom stereocenters. The maximum absolute atomic E-state index is 13.3. The van der Waals surface area contributed by atoms with Crippen LogP contribution in [0.4, 0.5) is 10.1 Å². The number of amides is 1. The van der Waals surface area contributed by atoms with Crippen molar-refractivity contribution in [3.05, 3.63) is 64.4 Å². The molecular formula is C21H27ClFIN4O. The Labute approximate surface area is 193 Å². The first-order valence-corrected chi connectivity index (χ1v) is 9.35. The van der Waals surface area contributed by atoms with Crippen LogP contribution in [-0.4, -0.2) is 25.5 Å². The molecule has 0 saturated heterocycles. The monoisotopic (exact) mass is 532 g/mol. The Bertz CT molecular complexity index is 874. The minimum absolute atomic E-state index is 0. The molecule has 29 heavy (non-hydrogen) atoms. The zero-order valence-electron chi connectivity index (χ0n) is 17.0. The van der Waals surface area contributed by atoms with Crippen LogP contribution in [0.3, 0.4) is 0 Å². The summed E-state index contributed by atoms with van der Waals surface area (Å²) >= 11 is 6.21. The van der Waals surface area contributed by atoms with Gasteiger partial charge in [-0.25, -0.2) is 4.39 Å². The number of benzene rings is 2. The molecule has 2 rings (SSSR count). The summed E-state index contributed by atoms with van der Waals surface area (Å²) in [5.41, 5.74) is 2.30. The van der Waals surface area contributed by atoms with E-state index in [0.717, 1.165) is 16.8 Å². The molecule has 2 aromatic carbocycles. The number of halogens is 3. The van der Waals surface area contributed by atoms with Crippen molar-refractivity contribution in [2.75, 3.05) is 18.9 Å². The number of nitrogens with one attached hydrogen (secondary N) is 3. The molecule has 8 heteroatoms. The molecule has 1 amide bonds. The third-order valence-electron chi connectivity index (χ3n) is 4.29. The molecule has 0 unspecified atom stereocenters. The van der Waals surface area contributed by atoms with E-state index in [1.165, 1.54) is 19.1 Å². The fourth-order valence-electron chi connectivity index (χ4n) is 2.81. The van der Waals surface area contributed by atoms with E-state index in [2.05, 4.69) is 20.9 Å². The normalized spacial score (nSPS) is 11.4. The lowest BCUT2D eigenvalue weighted by Gasteiger charge is -2.27. The summed E-state index contributed by atoms with van der Waals surface area (Å²) in [6, 6.07) is 12.1. The average molecular weight is 533 g/mol. The third kappa shape index (κ3) is 7.81. The summed E-state index contributed by atoms with van der Waals surface area (Å²) in [7, 11) is 1.70. The largest absolute Gasteiger partial charge is 0.356 e. The highest BCUT2D eigenvalue weighted by molar-refractivity contribution is 14.0. The van der Waals surface area contributed by atoms with E-state index < -0.39 is 0 Å². The molecule has 5 nitrogen and oxygen atoms in total. The van der Waals surface area contributed by atoms with Gasteiger partial charge in [0.15, 0.2) is 5.96 Å². The van der Waals surface area contributed by atoms with Gasteiger partial charge in [-0.05, 0) is 35.4 Å². The minimum atomic E-state index is -0.350. The van der Waals surface area contributed by atoms with E-state index in [4.69, 9.17) is 11.6 Å². The molecule has 3 N–H and O–H groups in total. The van der Waals surface area contributed by atoms with Gasteiger partial charge in [0.05, 0.1) is 0 Å². The Morgan fingerprint density at radius 1 is 1.17 bits per heavy atom. The van der Waals surface area contributed by atoms with E-state index in [1.54, 1.807) is 13.1 Å². The summed E-state index contributed by atoms with van der Waals surface area (Å²) in [5.74, 6) is 0.178. The van der Waals surface area contributed by atoms with Crippen molar-refractivity contribution in [3.8, 4) is 0 Å². The van der Waals surface area contributed by atoms with Gasteiger partial charge in [-0.1, -0.05) is 43.6 Å². The van der Waals surface area contributed by atoms with Gasteiger partial charge in [0.25, 0.3) is 0 Å². The summed E-state index contributed by atoms with van der Waals surface area (Å²) in [5, 5.41) is 9.71. The zero-order valence-corrected chi connectivity index (χ0v) is 20.1. The first-order chi connectivity index (χ1) is 13.2. The first kappa shape index (κ1) is 25.2. The maximum atomic E-state index is 13.3. The molecule has 0 aliphatic heterocycles. The Morgan fingerprint density at radius 2 is 1.90 bits per heavy atom. The van der Waals surface area contributed by atoms with Gasteiger partial charge in [0, 0.05) is 43.2 Å². The number of rotatable bonds is 6. The molecule has 0 aliphatic rings. The van der Waals surface area contributed by atoms with Crippen LogP contribution < -0.4 is 16.0 Å². The molecule has 158 valence electrons. The highest BCUT2D eigenvalue weighted by atomic mass is 127. The van der Waals surface area contributed by atoms with Crippen molar-refractivity contribution in [2.45, 2.75) is 32.7 Å². The topological polar surface area (TPSA) is 65.5 Å². The number of anilines is 1. The van der Waals surface area contributed by atoms with Crippen molar-refractivity contribution in [2.24, 2.45) is 4.99 Å². The summed E-state index contributed by atoms with van der Waals surface area (Å²) in [6.45, 7) is 6.65. The van der Waals surface area contributed by atoms with Gasteiger partial charge < -0.3 is 16.0 Å². The number of guanidine groups is 1. The van der Waals surface area contributed by atoms with Crippen LogP contribution >= 0.6 is 35.6 Å². The zero-order chi connectivity index (χ0) is 20.7. The highest BCUT2D eigenvalue weighted by Crippen LogP contribution is 2.29. The number of hydrogen-bond donors (Lipinski definition) is 3. The van der Waals surface area contributed by atoms with Crippen molar-refractivity contribution in [1.29, 1.82) is 0 Å². The molecule has 0 aromatic heterocycles. The third-order valence-corrected chi connectivity index (χ3v) is 4.60. The maximum Gasteiger partial charge on any atom is 0.221 e. The van der Waals surface area contributed by atoms with E-state index in [0.29, 0.717) is 24.1 Å². The lowest BCUT2D eigenvalue weighted by Crippen LogP contribution is -2.43. The van der Waals surface area contributed by atoms with Crippen molar-refractivity contribution >= 4 is 53.1 Å². The Hall–Kier alpha value is -1.87. The summed E-state index contributed by atoms with van der Waals surface area (Å²) in [4.78, 5) is 15.4. The second-order valence-corrected chi connectivity index (χ2v) is 7.58. The van der Waals surface area contributed by atoms with Gasteiger partial charge in [0.1, 0.15) is 5.82 Å². The number of carbonyl (C=O) groups excluding carboxylic acids is 1. The molecule has 0 heterocycles. The smallest absolute Gasteiger partial charge is 0.221 e. The molecule has 0 radical (unpaired) electrons. The van der Waals surface area contributed by atoms with Gasteiger partial charge in [0.2, 0.25) is 5.91 Å². The van der Waals surface area contributed by atoms with E-state index in [9.17, 15) is 9.18 Å². The second-order valence-electron chi connectivity index (χ2n) is 7.17. The van der Waals surface area contributed by atoms with Crippen LogP contribution in [0.2, 0.25) is 5.02 Å². The summed E-state index contributed by atoms with van der Waals surface area (Å²) < 4.78 is 13.3. The predicted octanol–water partition coefficient (Wildman–Crippen LogP) is 4.70. The minimum Gasteiger partial charge on any atom is -0.356 e. The molecule has 0 spiro atoms. The average Bonchev–Trinajstić information content (AvgIpc) is 2.61. The molecule has 0 bridgehead atoms. The SMILES string of the molecule is CN=C(NCc1cccc(NC(C)=O)c1)NCC(C)(C)c1ccc(F)cc1Cl.I. The molecule has 2 aromatic rings. The van der Waals surface area contributed by atoms with Crippen LogP contribution in [0, 0.1) is 5.82 Å². The lowest BCUT2D eigenvalue weighted by atomic mass is 9.84. The van der Waals surface area contributed by atoms with Crippen molar-refractivity contribution in [1.82, 2.24) is 10.6 Å². The number of hydrogen-bond acceptors (Lipinski definition) is 2. The van der Waals surface area contributed by atoms with Crippen molar-refractivity contribution < 1.29 is 9.18 Å². The van der Waals surface area contributed by atoms with Crippen LogP contribution in [0.5, 0.6) is 0 Å². The van der Waals surface area contributed by atoms with Crippen molar-refractivity contribution in [3.63, 3.8) is 0 Å². The number of aliphatic imine (C=N–C) groups is 1. The fraction of sp³-hybridized carbons (Fsp3) is 0.333. The van der Waals surface area contributed by atoms with Crippen LogP contribution in [0.1, 0.15) is 31.9 Å². The summed E-state index contributed by atoms with van der Waals surface area (Å²) in [6.07, 6.45) is 0. The molecule has 0 fully saturated rings.